The lowest BCUT2D eigenvalue weighted by Crippen LogP contribution is -2.61. The largest absolute Gasteiger partial charge is 0.478 e. The molecule has 0 saturated heterocycles. The summed E-state index contributed by atoms with van der Waals surface area (Å²) in [5, 5.41) is 11.8. The molecule has 1 aliphatic carbocycles. The molecule has 1 aromatic heterocycles. The van der Waals surface area contributed by atoms with Gasteiger partial charge in [-0.25, -0.2) is 9.78 Å². The van der Waals surface area contributed by atoms with Gasteiger partial charge in [-0.05, 0) is 32.4 Å². The molecule has 3 unspecified atom stereocenters. The van der Waals surface area contributed by atoms with E-state index in [0.29, 0.717) is 18.7 Å². The minimum Gasteiger partial charge on any atom is -0.478 e. The summed E-state index contributed by atoms with van der Waals surface area (Å²) >= 11 is 0. The van der Waals surface area contributed by atoms with Crippen molar-refractivity contribution in [3.05, 3.63) is 29.1 Å². The van der Waals surface area contributed by atoms with Crippen LogP contribution in [0.1, 0.15) is 39.9 Å². The van der Waals surface area contributed by atoms with Crippen LogP contribution in [0.3, 0.4) is 0 Å². The van der Waals surface area contributed by atoms with Gasteiger partial charge in [0.1, 0.15) is 11.8 Å². The second-order valence-electron chi connectivity index (χ2n) is 5.14. The molecular weight excluding hydrogens is 288 g/mol. The highest BCUT2D eigenvalue weighted by Gasteiger charge is 2.43. The molecule has 1 aliphatic rings. The van der Waals surface area contributed by atoms with Crippen LogP contribution in [0.4, 0.5) is 0 Å². The zero-order valence-electron chi connectivity index (χ0n) is 12.8. The van der Waals surface area contributed by atoms with Crippen LogP contribution in [0.5, 0.6) is 0 Å². The summed E-state index contributed by atoms with van der Waals surface area (Å²) in [7, 11) is 1.58. The maximum absolute atomic E-state index is 12.2. The number of nitrogens with zero attached hydrogens (tertiary/aromatic N) is 1. The van der Waals surface area contributed by atoms with Crippen LogP contribution in [0, 0.1) is 6.92 Å². The lowest BCUT2D eigenvalue weighted by molar-refractivity contribution is -0.128. The SMILES string of the molecule is CCOC1CC(NC(=O)c2ccc(C(=O)O)c(C)n2)C1OC. The molecule has 1 amide bonds. The molecule has 2 N–H and O–H groups in total. The zero-order chi connectivity index (χ0) is 16.3. The maximum atomic E-state index is 12.2. The molecule has 0 aromatic carbocycles. The number of rotatable bonds is 6. The summed E-state index contributed by atoms with van der Waals surface area (Å²) < 4.78 is 10.8. The first kappa shape index (κ1) is 16.4. The van der Waals surface area contributed by atoms with Crippen LogP contribution in [-0.2, 0) is 9.47 Å². The number of carbonyl (C=O) groups excluding carboxylic acids is 1. The summed E-state index contributed by atoms with van der Waals surface area (Å²) in [6.07, 6.45) is 0.497. The number of carboxylic acid groups (broad SMARTS) is 1. The number of pyridine rings is 1. The smallest absolute Gasteiger partial charge is 0.337 e. The summed E-state index contributed by atoms with van der Waals surface area (Å²) in [6.45, 7) is 4.07. The molecule has 1 heterocycles. The van der Waals surface area contributed by atoms with Crippen molar-refractivity contribution >= 4 is 11.9 Å². The summed E-state index contributed by atoms with van der Waals surface area (Å²) in [5.74, 6) is -1.41. The van der Waals surface area contributed by atoms with Crippen LogP contribution < -0.4 is 5.32 Å². The normalized spacial score (nSPS) is 23.7. The Morgan fingerprint density at radius 3 is 2.73 bits per heavy atom. The van der Waals surface area contributed by atoms with E-state index < -0.39 is 5.97 Å². The predicted octanol–water partition coefficient (Wildman–Crippen LogP) is 1.01. The third-order valence-electron chi connectivity index (χ3n) is 3.77. The van der Waals surface area contributed by atoms with E-state index in [-0.39, 0.29) is 35.4 Å². The van der Waals surface area contributed by atoms with Gasteiger partial charge in [0.25, 0.3) is 5.91 Å². The van der Waals surface area contributed by atoms with Crippen LogP contribution in [0.15, 0.2) is 12.1 Å². The number of hydrogen-bond donors (Lipinski definition) is 2. The van der Waals surface area contributed by atoms with Crippen LogP contribution in [-0.4, -0.2) is 53.9 Å². The van der Waals surface area contributed by atoms with Crippen molar-refractivity contribution in [3.8, 4) is 0 Å². The zero-order valence-corrected chi connectivity index (χ0v) is 12.8. The highest BCUT2D eigenvalue weighted by Crippen LogP contribution is 2.27. The van der Waals surface area contributed by atoms with Gasteiger partial charge in [-0.2, -0.15) is 0 Å². The van der Waals surface area contributed by atoms with Crippen molar-refractivity contribution in [3.63, 3.8) is 0 Å². The lowest BCUT2D eigenvalue weighted by atomic mass is 9.85. The van der Waals surface area contributed by atoms with Crippen LogP contribution >= 0.6 is 0 Å². The van der Waals surface area contributed by atoms with Crippen molar-refractivity contribution in [1.29, 1.82) is 0 Å². The third-order valence-corrected chi connectivity index (χ3v) is 3.77. The summed E-state index contributed by atoms with van der Waals surface area (Å²) in [5.41, 5.74) is 0.591. The summed E-state index contributed by atoms with van der Waals surface area (Å²) in [4.78, 5) is 27.2. The minimum atomic E-state index is -1.06. The van der Waals surface area contributed by atoms with E-state index >= 15 is 0 Å². The van der Waals surface area contributed by atoms with Crippen LogP contribution in [0.25, 0.3) is 0 Å². The van der Waals surface area contributed by atoms with E-state index in [4.69, 9.17) is 14.6 Å². The number of amides is 1. The number of aryl methyl sites for hydroxylation is 1. The molecule has 0 radical (unpaired) electrons. The molecule has 0 spiro atoms. The monoisotopic (exact) mass is 308 g/mol. The van der Waals surface area contributed by atoms with E-state index in [1.165, 1.54) is 12.1 Å². The van der Waals surface area contributed by atoms with Gasteiger partial charge in [0.2, 0.25) is 0 Å². The van der Waals surface area contributed by atoms with Crippen molar-refractivity contribution < 1.29 is 24.2 Å². The number of carboxylic acids is 1. The summed E-state index contributed by atoms with van der Waals surface area (Å²) in [6, 6.07) is 2.67. The Kier molecular flexibility index (Phi) is 5.10. The number of nitrogens with one attached hydrogen (secondary N) is 1. The number of hydrogen-bond acceptors (Lipinski definition) is 5. The van der Waals surface area contributed by atoms with Gasteiger partial charge in [0.15, 0.2) is 0 Å². The fourth-order valence-electron chi connectivity index (χ4n) is 2.57. The van der Waals surface area contributed by atoms with Crippen molar-refractivity contribution in [2.75, 3.05) is 13.7 Å². The van der Waals surface area contributed by atoms with Gasteiger partial charge in [0, 0.05) is 13.7 Å². The lowest BCUT2D eigenvalue weighted by Gasteiger charge is -2.43. The Morgan fingerprint density at radius 2 is 2.18 bits per heavy atom. The van der Waals surface area contributed by atoms with Crippen molar-refractivity contribution in [1.82, 2.24) is 10.3 Å². The number of ether oxygens (including phenoxy) is 2. The number of carbonyl (C=O) groups is 2. The molecule has 0 aliphatic heterocycles. The fraction of sp³-hybridized carbons (Fsp3) is 0.533. The Balaban J connectivity index is 2.01. The molecule has 1 saturated carbocycles. The Labute approximate surface area is 128 Å². The molecule has 7 heteroatoms. The van der Waals surface area contributed by atoms with Gasteiger partial charge in [-0.1, -0.05) is 0 Å². The third kappa shape index (κ3) is 3.26. The molecule has 2 rings (SSSR count). The Morgan fingerprint density at radius 1 is 1.45 bits per heavy atom. The fourth-order valence-corrected chi connectivity index (χ4v) is 2.57. The first-order chi connectivity index (χ1) is 10.5. The molecule has 0 bridgehead atoms. The van der Waals surface area contributed by atoms with E-state index in [1.54, 1.807) is 14.0 Å². The first-order valence-electron chi connectivity index (χ1n) is 7.14. The van der Waals surface area contributed by atoms with E-state index in [1.807, 2.05) is 6.92 Å². The number of methoxy groups -OCH3 is 1. The highest BCUT2D eigenvalue weighted by molar-refractivity contribution is 5.94. The Bertz CT molecular complexity index is 575. The number of aromatic nitrogens is 1. The molecule has 1 aromatic rings. The van der Waals surface area contributed by atoms with Gasteiger partial charge >= 0.3 is 5.97 Å². The Hall–Kier alpha value is -1.99. The topological polar surface area (TPSA) is 97.8 Å². The van der Waals surface area contributed by atoms with Gasteiger partial charge < -0.3 is 19.9 Å². The average molecular weight is 308 g/mol. The van der Waals surface area contributed by atoms with Crippen LogP contribution in [0.2, 0.25) is 0 Å². The molecule has 1 fully saturated rings. The van der Waals surface area contributed by atoms with Gasteiger partial charge in [-0.3, -0.25) is 4.79 Å². The molecule has 22 heavy (non-hydrogen) atoms. The molecule has 120 valence electrons. The average Bonchev–Trinajstić information content (AvgIpc) is 2.45. The molecule has 3 atom stereocenters. The quantitative estimate of drug-likeness (QED) is 0.814. The van der Waals surface area contributed by atoms with E-state index in [9.17, 15) is 9.59 Å². The second-order valence-corrected chi connectivity index (χ2v) is 5.14. The van der Waals surface area contributed by atoms with Gasteiger partial charge in [-0.15, -0.1) is 0 Å². The van der Waals surface area contributed by atoms with Crippen molar-refractivity contribution in [2.24, 2.45) is 0 Å². The predicted molar refractivity (Wildman–Crippen MR) is 78.0 cm³/mol. The second kappa shape index (κ2) is 6.85. The molecule has 7 nitrogen and oxygen atoms in total. The molecular formula is C15H20N2O5. The van der Waals surface area contributed by atoms with E-state index in [0.717, 1.165) is 0 Å². The number of aromatic carboxylic acids is 1. The highest BCUT2D eigenvalue weighted by atomic mass is 16.5. The standard InChI is InChI=1S/C15H20N2O5/c1-4-22-12-7-11(13(12)21-3)17-14(18)10-6-5-9(15(19)20)8(2)16-10/h5-6,11-13H,4,7H2,1-3H3,(H,17,18)(H,19,20). The maximum Gasteiger partial charge on any atom is 0.337 e. The van der Waals surface area contributed by atoms with Gasteiger partial charge in [0.05, 0.1) is 23.4 Å². The van der Waals surface area contributed by atoms with E-state index in [2.05, 4.69) is 10.3 Å². The minimum absolute atomic E-state index is 0.00983. The first-order valence-corrected chi connectivity index (χ1v) is 7.14. The van der Waals surface area contributed by atoms with Crippen molar-refractivity contribution in [2.45, 2.75) is 38.5 Å².